The van der Waals surface area contributed by atoms with Crippen molar-refractivity contribution in [2.75, 3.05) is 12.4 Å². The normalized spacial score (nSPS) is 14.2. The highest BCUT2D eigenvalue weighted by Gasteiger charge is 2.30. The van der Waals surface area contributed by atoms with E-state index in [1.54, 1.807) is 27.7 Å². The van der Waals surface area contributed by atoms with Gasteiger partial charge in [0, 0.05) is 37.8 Å². The highest BCUT2D eigenvalue weighted by atomic mass is 35.5. The van der Waals surface area contributed by atoms with Crippen LogP contribution in [0.2, 0.25) is 5.02 Å². The van der Waals surface area contributed by atoms with Crippen molar-refractivity contribution in [1.82, 2.24) is 0 Å². The zero-order valence-electron chi connectivity index (χ0n) is 14.7. The molecule has 0 bridgehead atoms. The lowest BCUT2D eigenvalue weighted by atomic mass is 9.96. The fourth-order valence-corrected chi connectivity index (χ4v) is 3.68. The van der Waals surface area contributed by atoms with Crippen LogP contribution in [0.3, 0.4) is 0 Å². The molecule has 0 fully saturated rings. The fourth-order valence-electron chi connectivity index (χ4n) is 2.21. The van der Waals surface area contributed by atoms with Crippen LogP contribution in [0.5, 0.6) is 5.75 Å². The summed E-state index contributed by atoms with van der Waals surface area (Å²) in [5.74, 6) is -1.23. The van der Waals surface area contributed by atoms with Crippen molar-refractivity contribution < 1.29 is 27.3 Å². The summed E-state index contributed by atoms with van der Waals surface area (Å²) >= 11 is 6.19. The minimum atomic E-state index is -3.03. The Hall–Kier alpha value is -1.21. The van der Waals surface area contributed by atoms with Crippen LogP contribution in [0.15, 0.2) is 18.2 Å². The zero-order valence-corrected chi connectivity index (χ0v) is 16.3. The Labute approximate surface area is 154 Å². The standard InChI is InChI=1S/C17H23ClF2O4S/c1-5-23-14(21)9-11(10-25(22)17(2,3)4)15-12(18)7-6-8-13(15)24-16(19)20/h6-8,11,16H,5,9-10H2,1-4H3/t11-,25?/m0/s1. The Morgan fingerprint density at radius 1 is 1.32 bits per heavy atom. The van der Waals surface area contributed by atoms with Crippen LogP contribution in [0, 0.1) is 0 Å². The Kier molecular flexibility index (Phi) is 8.28. The lowest BCUT2D eigenvalue weighted by Crippen LogP contribution is -2.28. The Balaban J connectivity index is 3.26. The highest BCUT2D eigenvalue weighted by molar-refractivity contribution is 7.86. The van der Waals surface area contributed by atoms with Gasteiger partial charge < -0.3 is 9.47 Å². The molecular formula is C17H23ClF2O4S. The van der Waals surface area contributed by atoms with E-state index in [-0.39, 0.29) is 35.1 Å². The number of halogens is 3. The molecule has 0 radical (unpaired) electrons. The molecule has 0 aliphatic rings. The van der Waals surface area contributed by atoms with E-state index < -0.39 is 34.0 Å². The Morgan fingerprint density at radius 2 is 1.96 bits per heavy atom. The molecule has 0 saturated heterocycles. The monoisotopic (exact) mass is 396 g/mol. The summed E-state index contributed by atoms with van der Waals surface area (Å²) in [5.41, 5.74) is 0.245. The molecule has 1 unspecified atom stereocenters. The number of ether oxygens (including phenoxy) is 2. The number of alkyl halides is 2. The smallest absolute Gasteiger partial charge is 0.387 e. The predicted octanol–water partition coefficient (Wildman–Crippen LogP) is 4.53. The van der Waals surface area contributed by atoms with Crippen molar-refractivity contribution in [1.29, 1.82) is 0 Å². The summed E-state index contributed by atoms with van der Waals surface area (Å²) in [6, 6.07) is 4.35. The third-order valence-electron chi connectivity index (χ3n) is 3.39. The molecule has 0 aromatic heterocycles. The molecule has 25 heavy (non-hydrogen) atoms. The Morgan fingerprint density at radius 3 is 2.48 bits per heavy atom. The maximum absolute atomic E-state index is 12.7. The summed E-state index contributed by atoms with van der Waals surface area (Å²) < 4.78 is 47.0. The molecule has 0 aliphatic heterocycles. The first kappa shape index (κ1) is 21.8. The number of carbonyl (C=O) groups is 1. The van der Waals surface area contributed by atoms with Crippen molar-refractivity contribution in [3.8, 4) is 5.75 Å². The van der Waals surface area contributed by atoms with Crippen molar-refractivity contribution in [2.24, 2.45) is 0 Å². The number of rotatable bonds is 8. The first-order chi connectivity index (χ1) is 11.6. The molecule has 1 aromatic carbocycles. The molecule has 142 valence electrons. The first-order valence-corrected chi connectivity index (χ1v) is 9.53. The molecule has 4 nitrogen and oxygen atoms in total. The topological polar surface area (TPSA) is 52.6 Å². The van der Waals surface area contributed by atoms with Gasteiger partial charge in [-0.15, -0.1) is 0 Å². The summed E-state index contributed by atoms with van der Waals surface area (Å²) in [5, 5.41) is 0.179. The molecule has 0 N–H and O–H groups in total. The number of benzene rings is 1. The molecule has 1 aromatic rings. The second-order valence-corrected chi connectivity index (χ2v) is 9.02. The molecule has 0 heterocycles. The highest BCUT2D eigenvalue weighted by Crippen LogP contribution is 2.37. The van der Waals surface area contributed by atoms with Gasteiger partial charge in [0.05, 0.1) is 13.0 Å². The third kappa shape index (κ3) is 6.90. The van der Waals surface area contributed by atoms with Crippen LogP contribution in [-0.2, 0) is 20.3 Å². The number of hydrogen-bond acceptors (Lipinski definition) is 4. The van der Waals surface area contributed by atoms with Crippen molar-refractivity contribution >= 4 is 28.4 Å². The van der Waals surface area contributed by atoms with Gasteiger partial charge >= 0.3 is 12.6 Å². The minimum absolute atomic E-state index is 0.0750. The zero-order chi connectivity index (χ0) is 19.2. The molecule has 0 aliphatic carbocycles. The molecule has 2 atom stereocenters. The first-order valence-electron chi connectivity index (χ1n) is 7.83. The number of esters is 1. The summed E-state index contributed by atoms with van der Waals surface area (Å²) in [7, 11) is -1.33. The Bertz CT molecular complexity index is 617. The van der Waals surface area contributed by atoms with Crippen molar-refractivity contribution in [3.05, 3.63) is 28.8 Å². The molecule has 1 rings (SSSR count). The maximum atomic E-state index is 12.7. The molecule has 0 spiro atoms. The summed E-state index contributed by atoms with van der Waals surface area (Å²) in [6.45, 7) is 4.22. The van der Waals surface area contributed by atoms with Gasteiger partial charge in [-0.05, 0) is 39.8 Å². The van der Waals surface area contributed by atoms with E-state index in [4.69, 9.17) is 16.3 Å². The van der Waals surface area contributed by atoms with E-state index in [1.165, 1.54) is 18.2 Å². The van der Waals surface area contributed by atoms with Gasteiger partial charge in [0.25, 0.3) is 0 Å². The average molecular weight is 397 g/mol. The number of carbonyl (C=O) groups excluding carboxylic acids is 1. The number of hydrogen-bond donors (Lipinski definition) is 0. The van der Waals surface area contributed by atoms with Gasteiger partial charge in [-0.3, -0.25) is 9.00 Å². The van der Waals surface area contributed by atoms with Gasteiger partial charge in [-0.25, -0.2) is 0 Å². The average Bonchev–Trinajstić information content (AvgIpc) is 2.45. The second-order valence-electron chi connectivity index (χ2n) is 6.36. The van der Waals surface area contributed by atoms with Gasteiger partial charge in [0.2, 0.25) is 0 Å². The molecule has 8 heteroatoms. The van der Waals surface area contributed by atoms with Crippen LogP contribution in [-0.4, -0.2) is 33.9 Å². The minimum Gasteiger partial charge on any atom is -0.466 e. The van der Waals surface area contributed by atoms with Crippen LogP contribution in [0.4, 0.5) is 8.78 Å². The van der Waals surface area contributed by atoms with E-state index in [2.05, 4.69) is 4.74 Å². The largest absolute Gasteiger partial charge is 0.466 e. The van der Waals surface area contributed by atoms with Gasteiger partial charge in [-0.1, -0.05) is 17.7 Å². The van der Waals surface area contributed by atoms with Crippen molar-refractivity contribution in [2.45, 2.75) is 51.4 Å². The van der Waals surface area contributed by atoms with Crippen LogP contribution < -0.4 is 4.74 Å². The predicted molar refractivity (Wildman–Crippen MR) is 94.8 cm³/mol. The third-order valence-corrected chi connectivity index (χ3v) is 5.79. The fraction of sp³-hybridized carbons (Fsp3) is 0.588. The van der Waals surface area contributed by atoms with Crippen molar-refractivity contribution in [3.63, 3.8) is 0 Å². The van der Waals surface area contributed by atoms with Gasteiger partial charge in [0.15, 0.2) is 0 Å². The maximum Gasteiger partial charge on any atom is 0.387 e. The lowest BCUT2D eigenvalue weighted by molar-refractivity contribution is -0.143. The summed E-state index contributed by atoms with van der Waals surface area (Å²) in [6.07, 6.45) is -0.126. The SMILES string of the molecule is CCOC(=O)C[C@@H](CS(=O)C(C)(C)C)c1c(Cl)cccc1OC(F)F. The quantitative estimate of drug-likeness (QED) is 0.606. The van der Waals surface area contributed by atoms with Crippen LogP contribution >= 0.6 is 11.6 Å². The molecule has 0 amide bonds. The second kappa shape index (κ2) is 9.48. The molecule has 0 saturated carbocycles. The molecular weight excluding hydrogens is 374 g/mol. The van der Waals surface area contributed by atoms with E-state index in [1.807, 2.05) is 0 Å². The summed E-state index contributed by atoms with van der Waals surface area (Å²) in [4.78, 5) is 11.9. The van der Waals surface area contributed by atoms with E-state index in [0.29, 0.717) is 0 Å². The van der Waals surface area contributed by atoms with Crippen LogP contribution in [0.25, 0.3) is 0 Å². The van der Waals surface area contributed by atoms with E-state index in [0.717, 1.165) is 0 Å². The lowest BCUT2D eigenvalue weighted by Gasteiger charge is -2.25. The van der Waals surface area contributed by atoms with E-state index >= 15 is 0 Å². The van der Waals surface area contributed by atoms with Gasteiger partial charge in [-0.2, -0.15) is 8.78 Å². The van der Waals surface area contributed by atoms with Crippen LogP contribution in [0.1, 0.15) is 45.6 Å². The van der Waals surface area contributed by atoms with E-state index in [9.17, 15) is 17.8 Å². The van der Waals surface area contributed by atoms with Gasteiger partial charge in [0.1, 0.15) is 5.75 Å².